The average Bonchev–Trinajstić information content (AvgIpc) is 2.87. The van der Waals surface area contributed by atoms with Gasteiger partial charge in [-0.1, -0.05) is 11.3 Å². The van der Waals surface area contributed by atoms with Gasteiger partial charge in [0, 0.05) is 17.7 Å². The number of non-ortho nitro benzene ring substituents is 1. The highest BCUT2D eigenvalue weighted by molar-refractivity contribution is 7.15. The van der Waals surface area contributed by atoms with E-state index in [9.17, 15) is 14.9 Å². The van der Waals surface area contributed by atoms with Gasteiger partial charge in [0.15, 0.2) is 0 Å². The predicted molar refractivity (Wildman–Crippen MR) is 73.6 cm³/mol. The first-order chi connectivity index (χ1) is 9.47. The van der Waals surface area contributed by atoms with Gasteiger partial charge < -0.3 is 5.73 Å². The van der Waals surface area contributed by atoms with Crippen LogP contribution in [0.5, 0.6) is 0 Å². The van der Waals surface area contributed by atoms with Gasteiger partial charge in [-0.15, -0.1) is 10.2 Å². The number of nitrogens with two attached hydrogens (primary N) is 1. The summed E-state index contributed by atoms with van der Waals surface area (Å²) in [6.45, 7) is 1.77. The van der Waals surface area contributed by atoms with E-state index < -0.39 is 10.8 Å². The Morgan fingerprint density at radius 2 is 2.05 bits per heavy atom. The lowest BCUT2D eigenvalue weighted by molar-refractivity contribution is -0.384. The zero-order valence-electron chi connectivity index (χ0n) is 10.4. The number of amides is 1. The molecule has 2 aromatic rings. The minimum atomic E-state index is -0.526. The smallest absolute Gasteiger partial charge is 0.269 e. The Bertz CT molecular complexity index is 638. The van der Waals surface area contributed by atoms with Crippen LogP contribution in [-0.2, 0) is 0 Å². The van der Waals surface area contributed by atoms with E-state index in [1.54, 1.807) is 6.92 Å². The van der Waals surface area contributed by atoms with Crippen molar-refractivity contribution >= 4 is 28.1 Å². The van der Waals surface area contributed by atoms with Crippen molar-refractivity contribution < 1.29 is 9.72 Å². The van der Waals surface area contributed by atoms with Crippen LogP contribution in [-0.4, -0.2) is 21.0 Å². The van der Waals surface area contributed by atoms with E-state index >= 15 is 0 Å². The molecule has 0 aliphatic heterocycles. The topological polar surface area (TPSA) is 124 Å². The first-order valence-electron chi connectivity index (χ1n) is 5.62. The predicted octanol–water partition coefficient (Wildman–Crippen LogP) is 1.72. The molecular formula is C11H11N5O3S. The Hall–Kier alpha value is -2.39. The summed E-state index contributed by atoms with van der Waals surface area (Å²) in [6.07, 6.45) is 0. The van der Waals surface area contributed by atoms with Gasteiger partial charge in [0.1, 0.15) is 5.01 Å². The lowest BCUT2D eigenvalue weighted by atomic mass is 10.2. The van der Waals surface area contributed by atoms with E-state index in [4.69, 9.17) is 5.73 Å². The number of carbonyl (C=O) groups excluding carboxylic acids is 1. The molecule has 20 heavy (non-hydrogen) atoms. The highest BCUT2D eigenvalue weighted by Gasteiger charge is 2.13. The van der Waals surface area contributed by atoms with Crippen LogP contribution in [0.2, 0.25) is 0 Å². The molecule has 9 heteroatoms. The van der Waals surface area contributed by atoms with Crippen LogP contribution in [0, 0.1) is 10.1 Å². The number of carbonyl (C=O) groups is 1. The molecule has 8 nitrogen and oxygen atoms in total. The molecule has 1 aromatic carbocycles. The van der Waals surface area contributed by atoms with Crippen molar-refractivity contribution in [2.24, 2.45) is 5.73 Å². The third kappa shape index (κ3) is 3.13. The van der Waals surface area contributed by atoms with Crippen molar-refractivity contribution in [3.63, 3.8) is 0 Å². The first kappa shape index (κ1) is 14.0. The molecule has 0 spiro atoms. The van der Waals surface area contributed by atoms with Crippen LogP contribution in [0.15, 0.2) is 24.3 Å². The van der Waals surface area contributed by atoms with Gasteiger partial charge >= 0.3 is 0 Å². The van der Waals surface area contributed by atoms with E-state index in [1.165, 1.54) is 35.6 Å². The second-order valence-corrected chi connectivity index (χ2v) is 5.00. The molecule has 0 aliphatic rings. The molecule has 1 amide bonds. The largest absolute Gasteiger partial charge is 0.322 e. The molecule has 0 saturated heterocycles. The monoisotopic (exact) mass is 293 g/mol. The summed E-state index contributed by atoms with van der Waals surface area (Å²) in [4.78, 5) is 21.9. The van der Waals surface area contributed by atoms with Gasteiger partial charge in [0.25, 0.3) is 11.6 Å². The van der Waals surface area contributed by atoms with Crippen molar-refractivity contribution in [1.82, 2.24) is 10.2 Å². The van der Waals surface area contributed by atoms with E-state index in [-0.39, 0.29) is 11.7 Å². The zero-order chi connectivity index (χ0) is 14.7. The summed E-state index contributed by atoms with van der Waals surface area (Å²) in [6, 6.07) is 5.03. The molecule has 1 atom stereocenters. The molecule has 0 radical (unpaired) electrons. The number of nitro groups is 1. The van der Waals surface area contributed by atoms with Crippen molar-refractivity contribution in [3.8, 4) is 0 Å². The average molecular weight is 293 g/mol. The molecule has 104 valence electrons. The van der Waals surface area contributed by atoms with Crippen molar-refractivity contribution in [2.45, 2.75) is 13.0 Å². The number of nitrogens with one attached hydrogen (secondary N) is 1. The molecule has 2 rings (SSSR count). The maximum absolute atomic E-state index is 11.9. The number of hydrogen-bond acceptors (Lipinski definition) is 7. The Kier molecular flexibility index (Phi) is 4.01. The standard InChI is InChI=1S/C11H11N5O3S/c1-6(12)10-14-15-11(20-10)13-9(17)7-2-4-8(5-3-7)16(18)19/h2-6H,12H2,1H3,(H,13,15,17). The highest BCUT2D eigenvalue weighted by atomic mass is 32.1. The Morgan fingerprint density at radius 3 is 2.55 bits per heavy atom. The number of aromatic nitrogens is 2. The van der Waals surface area contributed by atoms with Gasteiger partial charge in [0.05, 0.1) is 11.0 Å². The van der Waals surface area contributed by atoms with Crippen LogP contribution < -0.4 is 11.1 Å². The summed E-state index contributed by atoms with van der Waals surface area (Å²) in [5.74, 6) is -0.410. The van der Waals surface area contributed by atoms with Crippen LogP contribution in [0.25, 0.3) is 0 Å². The lowest BCUT2D eigenvalue weighted by Gasteiger charge is -2.00. The molecule has 1 heterocycles. The number of nitro benzene ring substituents is 1. The van der Waals surface area contributed by atoms with Crippen LogP contribution in [0.4, 0.5) is 10.8 Å². The minimum absolute atomic E-state index is 0.0725. The molecule has 0 fully saturated rings. The maximum Gasteiger partial charge on any atom is 0.269 e. The Labute approximate surface area is 117 Å². The van der Waals surface area contributed by atoms with E-state index in [2.05, 4.69) is 15.5 Å². The molecule has 3 N–H and O–H groups in total. The number of rotatable bonds is 4. The second-order valence-electron chi connectivity index (χ2n) is 3.99. The number of nitrogens with zero attached hydrogens (tertiary/aromatic N) is 3. The molecule has 1 aromatic heterocycles. The van der Waals surface area contributed by atoms with Gasteiger partial charge in [-0.3, -0.25) is 20.2 Å². The Morgan fingerprint density at radius 1 is 1.40 bits per heavy atom. The summed E-state index contributed by atoms with van der Waals surface area (Å²) < 4.78 is 0. The van der Waals surface area contributed by atoms with Gasteiger partial charge in [0.2, 0.25) is 5.13 Å². The first-order valence-corrected chi connectivity index (χ1v) is 6.44. The van der Waals surface area contributed by atoms with Crippen LogP contribution in [0.1, 0.15) is 28.3 Å². The van der Waals surface area contributed by atoms with Crippen molar-refractivity contribution in [2.75, 3.05) is 5.32 Å². The molecule has 0 aliphatic carbocycles. The third-order valence-corrected chi connectivity index (χ3v) is 3.43. The van der Waals surface area contributed by atoms with Gasteiger partial charge in [-0.05, 0) is 19.1 Å². The van der Waals surface area contributed by atoms with E-state index in [1.807, 2.05) is 0 Å². The van der Waals surface area contributed by atoms with E-state index in [0.29, 0.717) is 15.7 Å². The molecule has 1 unspecified atom stereocenters. The fraction of sp³-hybridized carbons (Fsp3) is 0.182. The molecule has 0 bridgehead atoms. The summed E-state index contributed by atoms with van der Waals surface area (Å²) in [5, 5.41) is 21.7. The van der Waals surface area contributed by atoms with Crippen molar-refractivity contribution in [3.05, 3.63) is 45.0 Å². The normalized spacial score (nSPS) is 11.9. The third-order valence-electron chi connectivity index (χ3n) is 2.39. The Balaban J connectivity index is 2.09. The summed E-state index contributed by atoms with van der Waals surface area (Å²) >= 11 is 1.18. The summed E-state index contributed by atoms with van der Waals surface area (Å²) in [7, 11) is 0. The minimum Gasteiger partial charge on any atom is -0.322 e. The van der Waals surface area contributed by atoms with Crippen molar-refractivity contribution in [1.29, 1.82) is 0 Å². The number of benzene rings is 1. The molecule has 0 saturated carbocycles. The molecular weight excluding hydrogens is 282 g/mol. The van der Waals surface area contributed by atoms with E-state index in [0.717, 1.165) is 0 Å². The zero-order valence-corrected chi connectivity index (χ0v) is 11.3. The lowest BCUT2D eigenvalue weighted by Crippen LogP contribution is -2.11. The second kappa shape index (κ2) is 5.72. The number of anilines is 1. The maximum atomic E-state index is 11.9. The van der Waals surface area contributed by atoms with Gasteiger partial charge in [-0.25, -0.2) is 0 Å². The summed E-state index contributed by atoms with van der Waals surface area (Å²) in [5.41, 5.74) is 5.87. The fourth-order valence-electron chi connectivity index (χ4n) is 1.37. The fourth-order valence-corrected chi connectivity index (χ4v) is 2.06. The highest BCUT2D eigenvalue weighted by Crippen LogP contribution is 2.20. The van der Waals surface area contributed by atoms with Gasteiger partial charge in [-0.2, -0.15) is 0 Å². The van der Waals surface area contributed by atoms with Crippen LogP contribution >= 0.6 is 11.3 Å². The quantitative estimate of drug-likeness (QED) is 0.653. The SMILES string of the molecule is CC(N)c1nnc(NC(=O)c2ccc([N+](=O)[O-])cc2)s1. The number of hydrogen-bond donors (Lipinski definition) is 2. The van der Waals surface area contributed by atoms with Crippen LogP contribution in [0.3, 0.4) is 0 Å².